The van der Waals surface area contributed by atoms with Gasteiger partial charge in [-0.25, -0.2) is 4.98 Å². The van der Waals surface area contributed by atoms with Gasteiger partial charge in [-0.3, -0.25) is 10.00 Å². The Morgan fingerprint density at radius 2 is 2.14 bits per heavy atom. The summed E-state index contributed by atoms with van der Waals surface area (Å²) in [6.45, 7) is 3.72. The standard InChI is InChI=1S/C16H19N5/c1-11-18-16(20-19-11)10-21(14-3-4-14)9-12-2-5-15-13(8-12)6-7-17-15/h2,5-8,14,17H,3-4,9-10H2,1H3,(H,18,19,20). The normalized spacial score (nSPS) is 15.1. The van der Waals surface area contributed by atoms with Crippen LogP contribution in [0.1, 0.15) is 30.1 Å². The molecule has 5 heteroatoms. The lowest BCUT2D eigenvalue weighted by Gasteiger charge is -2.20. The van der Waals surface area contributed by atoms with Gasteiger partial charge < -0.3 is 4.98 Å². The van der Waals surface area contributed by atoms with Crippen LogP contribution in [0.25, 0.3) is 10.9 Å². The lowest BCUT2D eigenvalue weighted by molar-refractivity contribution is 0.240. The first-order valence-electron chi connectivity index (χ1n) is 7.46. The van der Waals surface area contributed by atoms with Gasteiger partial charge in [0, 0.05) is 24.3 Å². The van der Waals surface area contributed by atoms with Crippen LogP contribution in [0.5, 0.6) is 0 Å². The van der Waals surface area contributed by atoms with Gasteiger partial charge in [0.1, 0.15) is 5.82 Å². The van der Waals surface area contributed by atoms with Crippen LogP contribution in [0.2, 0.25) is 0 Å². The van der Waals surface area contributed by atoms with E-state index in [0.717, 1.165) is 24.7 Å². The van der Waals surface area contributed by atoms with Crippen molar-refractivity contribution in [2.24, 2.45) is 0 Å². The second-order valence-electron chi connectivity index (χ2n) is 5.87. The molecule has 0 unspecified atom stereocenters. The summed E-state index contributed by atoms with van der Waals surface area (Å²) < 4.78 is 0. The molecule has 1 aromatic carbocycles. The van der Waals surface area contributed by atoms with Gasteiger partial charge in [0.05, 0.1) is 6.54 Å². The number of nitrogens with zero attached hydrogens (tertiary/aromatic N) is 3. The van der Waals surface area contributed by atoms with Crippen molar-refractivity contribution in [1.29, 1.82) is 0 Å². The van der Waals surface area contributed by atoms with Crippen molar-refractivity contribution in [3.8, 4) is 0 Å². The molecule has 2 N–H and O–H groups in total. The fourth-order valence-electron chi connectivity index (χ4n) is 2.83. The predicted molar refractivity (Wildman–Crippen MR) is 81.7 cm³/mol. The zero-order chi connectivity index (χ0) is 14.2. The Kier molecular flexibility index (Phi) is 3.00. The first-order valence-corrected chi connectivity index (χ1v) is 7.46. The summed E-state index contributed by atoms with van der Waals surface area (Å²) in [4.78, 5) is 10.2. The monoisotopic (exact) mass is 281 g/mol. The molecular weight excluding hydrogens is 262 g/mol. The van der Waals surface area contributed by atoms with E-state index < -0.39 is 0 Å². The molecular formula is C16H19N5. The maximum absolute atomic E-state index is 4.43. The fraction of sp³-hybridized carbons (Fsp3) is 0.375. The number of rotatable bonds is 5. The largest absolute Gasteiger partial charge is 0.361 e. The zero-order valence-corrected chi connectivity index (χ0v) is 12.1. The third-order valence-electron chi connectivity index (χ3n) is 4.05. The van der Waals surface area contributed by atoms with Crippen molar-refractivity contribution in [1.82, 2.24) is 25.1 Å². The molecule has 0 amide bonds. The Labute approximate surface area is 123 Å². The van der Waals surface area contributed by atoms with Gasteiger partial charge in [0.25, 0.3) is 0 Å². The van der Waals surface area contributed by atoms with E-state index >= 15 is 0 Å². The topological polar surface area (TPSA) is 60.6 Å². The van der Waals surface area contributed by atoms with Crippen LogP contribution in [0.3, 0.4) is 0 Å². The van der Waals surface area contributed by atoms with Gasteiger partial charge in [-0.1, -0.05) is 6.07 Å². The van der Waals surface area contributed by atoms with Crippen LogP contribution < -0.4 is 0 Å². The van der Waals surface area contributed by atoms with E-state index in [9.17, 15) is 0 Å². The third-order valence-corrected chi connectivity index (χ3v) is 4.05. The summed E-state index contributed by atoms with van der Waals surface area (Å²) in [5.74, 6) is 1.77. The van der Waals surface area contributed by atoms with Crippen LogP contribution in [0, 0.1) is 6.92 Å². The fourth-order valence-corrected chi connectivity index (χ4v) is 2.83. The first-order chi connectivity index (χ1) is 10.3. The molecule has 1 aliphatic rings. The number of nitrogens with one attached hydrogen (secondary N) is 2. The molecule has 0 atom stereocenters. The highest BCUT2D eigenvalue weighted by molar-refractivity contribution is 5.79. The van der Waals surface area contributed by atoms with E-state index in [1.165, 1.54) is 29.3 Å². The highest BCUT2D eigenvalue weighted by atomic mass is 15.3. The quantitative estimate of drug-likeness (QED) is 0.756. The molecule has 0 bridgehead atoms. The number of aryl methyl sites for hydroxylation is 1. The highest BCUT2D eigenvalue weighted by Crippen LogP contribution is 2.29. The van der Waals surface area contributed by atoms with E-state index in [1.807, 2.05) is 13.1 Å². The van der Waals surface area contributed by atoms with E-state index in [4.69, 9.17) is 0 Å². The van der Waals surface area contributed by atoms with Crippen LogP contribution in [0.15, 0.2) is 30.5 Å². The maximum Gasteiger partial charge on any atom is 0.164 e. The van der Waals surface area contributed by atoms with Crippen LogP contribution in [-0.2, 0) is 13.1 Å². The summed E-state index contributed by atoms with van der Waals surface area (Å²) in [5, 5.41) is 8.47. The molecule has 2 heterocycles. The molecule has 0 radical (unpaired) electrons. The van der Waals surface area contributed by atoms with E-state index in [-0.39, 0.29) is 0 Å². The predicted octanol–water partition coefficient (Wildman–Crippen LogP) is 2.76. The molecule has 0 saturated heterocycles. The summed E-state index contributed by atoms with van der Waals surface area (Å²) in [7, 11) is 0. The zero-order valence-electron chi connectivity index (χ0n) is 12.1. The smallest absolute Gasteiger partial charge is 0.164 e. The number of hydrogen-bond donors (Lipinski definition) is 2. The average molecular weight is 281 g/mol. The molecule has 1 saturated carbocycles. The van der Waals surface area contributed by atoms with Gasteiger partial charge in [-0.05, 0) is 48.9 Å². The number of hydrogen-bond acceptors (Lipinski definition) is 3. The molecule has 108 valence electrons. The van der Waals surface area contributed by atoms with E-state index in [0.29, 0.717) is 6.04 Å². The number of aromatic nitrogens is 4. The second kappa shape index (κ2) is 5.00. The first kappa shape index (κ1) is 12.6. The maximum atomic E-state index is 4.43. The summed E-state index contributed by atoms with van der Waals surface area (Å²) in [6, 6.07) is 9.44. The number of H-pyrrole nitrogens is 2. The summed E-state index contributed by atoms with van der Waals surface area (Å²) >= 11 is 0. The summed E-state index contributed by atoms with van der Waals surface area (Å²) in [5.41, 5.74) is 2.54. The summed E-state index contributed by atoms with van der Waals surface area (Å²) in [6.07, 6.45) is 4.56. The molecule has 1 fully saturated rings. The van der Waals surface area contributed by atoms with Crippen molar-refractivity contribution in [2.45, 2.75) is 38.9 Å². The minimum atomic E-state index is 0.686. The second-order valence-corrected chi connectivity index (χ2v) is 5.87. The number of fused-ring (bicyclic) bond motifs is 1. The molecule has 0 aliphatic heterocycles. The van der Waals surface area contributed by atoms with E-state index in [1.54, 1.807) is 0 Å². The Balaban J connectivity index is 1.53. The highest BCUT2D eigenvalue weighted by Gasteiger charge is 2.29. The number of benzene rings is 1. The minimum Gasteiger partial charge on any atom is -0.361 e. The third kappa shape index (κ3) is 2.69. The van der Waals surface area contributed by atoms with Crippen molar-refractivity contribution >= 4 is 10.9 Å². The van der Waals surface area contributed by atoms with Crippen LogP contribution in [-0.4, -0.2) is 31.1 Å². The Hall–Kier alpha value is -2.14. The lowest BCUT2D eigenvalue weighted by atomic mass is 10.1. The molecule has 1 aliphatic carbocycles. The van der Waals surface area contributed by atoms with E-state index in [2.05, 4.69) is 49.3 Å². The molecule has 5 nitrogen and oxygen atoms in total. The Bertz CT molecular complexity index is 753. The Morgan fingerprint density at radius 3 is 2.90 bits per heavy atom. The molecule has 0 spiro atoms. The van der Waals surface area contributed by atoms with Crippen molar-refractivity contribution in [3.63, 3.8) is 0 Å². The SMILES string of the molecule is Cc1nc(CN(Cc2ccc3[nH]ccc3c2)C2CC2)n[nH]1. The van der Waals surface area contributed by atoms with Gasteiger partial charge in [0.15, 0.2) is 5.82 Å². The molecule has 2 aromatic heterocycles. The van der Waals surface area contributed by atoms with Gasteiger partial charge in [-0.15, -0.1) is 0 Å². The van der Waals surface area contributed by atoms with Crippen molar-refractivity contribution in [3.05, 3.63) is 47.7 Å². The molecule has 21 heavy (non-hydrogen) atoms. The van der Waals surface area contributed by atoms with Crippen LogP contribution in [0.4, 0.5) is 0 Å². The number of aromatic amines is 2. The average Bonchev–Trinajstić information content (AvgIpc) is 3.09. The van der Waals surface area contributed by atoms with Crippen LogP contribution >= 0.6 is 0 Å². The molecule has 4 rings (SSSR count). The van der Waals surface area contributed by atoms with Gasteiger partial charge in [-0.2, -0.15) is 5.10 Å². The lowest BCUT2D eigenvalue weighted by Crippen LogP contribution is -2.25. The van der Waals surface area contributed by atoms with Gasteiger partial charge in [0.2, 0.25) is 0 Å². The molecule has 3 aromatic rings. The Morgan fingerprint density at radius 1 is 1.24 bits per heavy atom. The van der Waals surface area contributed by atoms with Gasteiger partial charge >= 0.3 is 0 Å². The van der Waals surface area contributed by atoms with Crippen molar-refractivity contribution < 1.29 is 0 Å². The minimum absolute atomic E-state index is 0.686. The van der Waals surface area contributed by atoms with Crippen molar-refractivity contribution in [2.75, 3.05) is 0 Å².